The van der Waals surface area contributed by atoms with Crippen molar-refractivity contribution in [2.75, 3.05) is 25.6 Å². The van der Waals surface area contributed by atoms with E-state index in [4.69, 9.17) is 4.74 Å². The third kappa shape index (κ3) is 5.73. The number of thiophene rings is 1. The van der Waals surface area contributed by atoms with Gasteiger partial charge in [0.15, 0.2) is 0 Å². The zero-order valence-electron chi connectivity index (χ0n) is 14.8. The lowest BCUT2D eigenvalue weighted by Crippen LogP contribution is -2.29. The monoisotopic (exact) mass is 378 g/mol. The molecule has 0 aliphatic carbocycles. The number of benzene rings is 1. The number of hydrogen-bond acceptors (Lipinski definition) is 6. The van der Waals surface area contributed by atoms with Crippen molar-refractivity contribution in [2.45, 2.75) is 26.2 Å². The molecule has 0 bridgehead atoms. The van der Waals surface area contributed by atoms with E-state index in [9.17, 15) is 14.4 Å². The topological polar surface area (TPSA) is 93.7 Å². The van der Waals surface area contributed by atoms with Crippen molar-refractivity contribution in [2.24, 2.45) is 0 Å². The number of anilines is 1. The van der Waals surface area contributed by atoms with Crippen LogP contribution in [0.3, 0.4) is 0 Å². The van der Waals surface area contributed by atoms with Crippen molar-refractivity contribution in [1.82, 2.24) is 5.32 Å². The highest BCUT2D eigenvalue weighted by Gasteiger charge is 2.12. The summed E-state index contributed by atoms with van der Waals surface area (Å²) in [6.45, 7) is 2.57. The minimum absolute atomic E-state index is 0.249. The molecule has 1 aromatic heterocycles. The Kier molecular flexibility index (Phi) is 7.40. The minimum atomic E-state index is -0.340. The van der Waals surface area contributed by atoms with E-state index in [1.165, 1.54) is 18.4 Å². The van der Waals surface area contributed by atoms with Crippen LogP contribution in [0.5, 0.6) is 0 Å². The van der Waals surface area contributed by atoms with Crippen LogP contribution in [0.25, 0.3) is 10.1 Å². The zero-order chi connectivity index (χ0) is 18.9. The van der Waals surface area contributed by atoms with E-state index in [1.807, 2.05) is 12.1 Å². The SMILES string of the molecule is CCOC(=O)c1cc2cc(NC(=O)NCCCCC(=O)OC)ccc2s1. The average Bonchev–Trinajstić information content (AvgIpc) is 3.05. The molecule has 7 nitrogen and oxygen atoms in total. The normalized spacial score (nSPS) is 10.4. The van der Waals surface area contributed by atoms with Gasteiger partial charge in [0.1, 0.15) is 4.88 Å². The molecule has 2 amide bonds. The molecular weight excluding hydrogens is 356 g/mol. The van der Waals surface area contributed by atoms with Gasteiger partial charge in [-0.1, -0.05) is 0 Å². The first-order chi connectivity index (χ1) is 12.5. The van der Waals surface area contributed by atoms with Crippen LogP contribution in [0.4, 0.5) is 10.5 Å². The maximum absolute atomic E-state index is 11.9. The standard InChI is InChI=1S/C18H22N2O5S/c1-3-25-17(22)15-11-12-10-13(7-8-14(12)26-15)20-18(23)19-9-5-4-6-16(21)24-2/h7-8,10-11H,3-6,9H2,1-2H3,(H2,19,20,23). The van der Waals surface area contributed by atoms with E-state index in [2.05, 4.69) is 15.4 Å². The predicted octanol–water partition coefficient (Wildman–Crippen LogP) is 3.54. The first-order valence-electron chi connectivity index (χ1n) is 8.36. The number of carbonyl (C=O) groups is 3. The van der Waals surface area contributed by atoms with Gasteiger partial charge >= 0.3 is 18.0 Å². The lowest BCUT2D eigenvalue weighted by Gasteiger charge is -2.07. The molecule has 1 aromatic carbocycles. The van der Waals surface area contributed by atoms with Gasteiger partial charge < -0.3 is 20.1 Å². The van der Waals surface area contributed by atoms with E-state index in [0.29, 0.717) is 43.0 Å². The summed E-state index contributed by atoms with van der Waals surface area (Å²) < 4.78 is 10.5. The van der Waals surface area contributed by atoms with Gasteiger partial charge in [-0.05, 0) is 49.4 Å². The van der Waals surface area contributed by atoms with Crippen LogP contribution in [0.15, 0.2) is 24.3 Å². The predicted molar refractivity (Wildman–Crippen MR) is 101 cm³/mol. The van der Waals surface area contributed by atoms with Crippen molar-refractivity contribution >= 4 is 45.1 Å². The summed E-state index contributed by atoms with van der Waals surface area (Å²) in [6, 6.07) is 6.89. The van der Waals surface area contributed by atoms with Crippen molar-refractivity contribution in [3.8, 4) is 0 Å². The number of rotatable bonds is 8. The lowest BCUT2D eigenvalue weighted by atomic mass is 10.2. The Balaban J connectivity index is 1.85. The molecule has 8 heteroatoms. The van der Waals surface area contributed by atoms with Gasteiger partial charge in [0, 0.05) is 23.4 Å². The van der Waals surface area contributed by atoms with Crippen LogP contribution in [-0.2, 0) is 14.3 Å². The summed E-state index contributed by atoms with van der Waals surface area (Å²) in [4.78, 5) is 35.2. The van der Waals surface area contributed by atoms with E-state index < -0.39 is 0 Å². The van der Waals surface area contributed by atoms with Crippen LogP contribution in [0, 0.1) is 0 Å². The summed E-state index contributed by atoms with van der Waals surface area (Å²) in [6.07, 6.45) is 1.69. The van der Waals surface area contributed by atoms with Crippen molar-refractivity contribution in [3.63, 3.8) is 0 Å². The molecule has 0 atom stereocenters. The van der Waals surface area contributed by atoms with Gasteiger partial charge in [-0.25, -0.2) is 9.59 Å². The zero-order valence-corrected chi connectivity index (χ0v) is 15.6. The molecule has 26 heavy (non-hydrogen) atoms. The molecule has 0 fully saturated rings. The largest absolute Gasteiger partial charge is 0.469 e. The Morgan fingerprint density at radius 1 is 1.15 bits per heavy atom. The van der Waals surface area contributed by atoms with E-state index in [-0.39, 0.29) is 18.0 Å². The third-order valence-electron chi connectivity index (χ3n) is 3.57. The fourth-order valence-electron chi connectivity index (χ4n) is 2.30. The Hall–Kier alpha value is -2.61. The third-order valence-corrected chi connectivity index (χ3v) is 4.67. The molecule has 0 aliphatic rings. The van der Waals surface area contributed by atoms with Crippen LogP contribution >= 0.6 is 11.3 Å². The maximum Gasteiger partial charge on any atom is 0.348 e. The molecule has 140 valence electrons. The highest BCUT2D eigenvalue weighted by Crippen LogP contribution is 2.28. The fraction of sp³-hybridized carbons (Fsp3) is 0.389. The number of nitrogens with one attached hydrogen (secondary N) is 2. The molecule has 1 heterocycles. The molecule has 0 saturated carbocycles. The van der Waals surface area contributed by atoms with Gasteiger partial charge in [0.05, 0.1) is 13.7 Å². The summed E-state index contributed by atoms with van der Waals surface area (Å²) >= 11 is 1.36. The van der Waals surface area contributed by atoms with Gasteiger partial charge in [-0.2, -0.15) is 0 Å². The first-order valence-corrected chi connectivity index (χ1v) is 9.17. The Labute approximate surface area is 155 Å². The van der Waals surface area contributed by atoms with Crippen molar-refractivity contribution in [3.05, 3.63) is 29.1 Å². The van der Waals surface area contributed by atoms with E-state index >= 15 is 0 Å². The molecule has 0 saturated heterocycles. The summed E-state index contributed by atoms with van der Waals surface area (Å²) in [5.74, 6) is -0.589. The number of fused-ring (bicyclic) bond motifs is 1. The molecule has 2 aromatic rings. The second-order valence-corrected chi connectivity index (χ2v) is 6.58. The quantitative estimate of drug-likeness (QED) is 0.541. The van der Waals surface area contributed by atoms with Gasteiger partial charge in [-0.3, -0.25) is 4.79 Å². The molecule has 2 N–H and O–H groups in total. The number of ether oxygens (including phenoxy) is 2. The Bertz CT molecular complexity index is 787. The molecular formula is C18H22N2O5S. The Morgan fingerprint density at radius 3 is 2.69 bits per heavy atom. The smallest absolute Gasteiger partial charge is 0.348 e. The number of hydrogen-bond donors (Lipinski definition) is 2. The van der Waals surface area contributed by atoms with E-state index in [1.54, 1.807) is 19.1 Å². The molecule has 0 spiro atoms. The number of urea groups is 1. The summed E-state index contributed by atoms with van der Waals surface area (Å²) in [5.41, 5.74) is 0.637. The average molecular weight is 378 g/mol. The highest BCUT2D eigenvalue weighted by molar-refractivity contribution is 7.20. The number of esters is 2. The Morgan fingerprint density at radius 2 is 1.96 bits per heavy atom. The molecule has 0 unspecified atom stereocenters. The van der Waals surface area contributed by atoms with Crippen LogP contribution < -0.4 is 10.6 Å². The van der Waals surface area contributed by atoms with Crippen LogP contribution in [0.1, 0.15) is 35.9 Å². The molecule has 0 aliphatic heterocycles. The highest BCUT2D eigenvalue weighted by atomic mass is 32.1. The molecule has 2 rings (SSSR count). The van der Waals surface area contributed by atoms with Crippen molar-refractivity contribution in [1.29, 1.82) is 0 Å². The fourth-order valence-corrected chi connectivity index (χ4v) is 3.23. The van der Waals surface area contributed by atoms with Gasteiger partial charge in [0.2, 0.25) is 0 Å². The lowest BCUT2D eigenvalue weighted by molar-refractivity contribution is -0.140. The number of unbranched alkanes of at least 4 members (excludes halogenated alkanes) is 1. The van der Waals surface area contributed by atoms with Gasteiger partial charge in [-0.15, -0.1) is 11.3 Å². The number of methoxy groups -OCH3 is 1. The van der Waals surface area contributed by atoms with Crippen LogP contribution in [-0.4, -0.2) is 38.2 Å². The van der Waals surface area contributed by atoms with E-state index in [0.717, 1.165) is 10.1 Å². The number of carbonyl (C=O) groups excluding carboxylic acids is 3. The van der Waals surface area contributed by atoms with Crippen molar-refractivity contribution < 1.29 is 23.9 Å². The second-order valence-electron chi connectivity index (χ2n) is 5.50. The summed E-state index contributed by atoms with van der Waals surface area (Å²) in [5, 5.41) is 6.36. The maximum atomic E-state index is 11.9. The first kappa shape index (κ1) is 19.7. The van der Waals surface area contributed by atoms with Gasteiger partial charge in [0.25, 0.3) is 0 Å². The second kappa shape index (κ2) is 9.76. The molecule has 0 radical (unpaired) electrons. The minimum Gasteiger partial charge on any atom is -0.469 e. The summed E-state index contributed by atoms with van der Waals surface area (Å²) in [7, 11) is 1.36. The van der Waals surface area contributed by atoms with Crippen LogP contribution in [0.2, 0.25) is 0 Å². The number of amides is 2.